The van der Waals surface area contributed by atoms with Gasteiger partial charge < -0.3 is 15.3 Å². The number of benzene rings is 2. The predicted molar refractivity (Wildman–Crippen MR) is 64.0 cm³/mol. The minimum absolute atomic E-state index is 0.0576. The van der Waals surface area contributed by atoms with Gasteiger partial charge in [-0.3, -0.25) is 0 Å². The summed E-state index contributed by atoms with van der Waals surface area (Å²) in [5.41, 5.74) is -0.225. The van der Waals surface area contributed by atoms with Crippen molar-refractivity contribution in [1.29, 1.82) is 0 Å². The fourth-order valence-electron chi connectivity index (χ4n) is 1.60. The van der Waals surface area contributed by atoms with Crippen molar-refractivity contribution in [2.75, 3.05) is 0 Å². The number of halogens is 2. The standard InChI is InChI=1S/C12H8F2O3S/c13-7-1-5(2-8(14)12(7)18)11-9(16)3-6(15)4-10(11)17/h1-4,15-18H. The predicted octanol–water partition coefficient (Wildman–Crippen LogP) is 3.04. The van der Waals surface area contributed by atoms with Gasteiger partial charge in [-0.05, 0) is 17.7 Å². The molecule has 0 aliphatic heterocycles. The summed E-state index contributed by atoms with van der Waals surface area (Å²) >= 11 is 3.62. The molecule has 0 aliphatic rings. The second-order valence-corrected chi connectivity index (χ2v) is 4.09. The van der Waals surface area contributed by atoms with Crippen molar-refractivity contribution >= 4 is 12.6 Å². The number of hydrogen-bond acceptors (Lipinski definition) is 4. The first kappa shape index (κ1) is 12.5. The van der Waals surface area contributed by atoms with E-state index in [0.717, 1.165) is 24.3 Å². The van der Waals surface area contributed by atoms with Gasteiger partial charge in [0.15, 0.2) is 0 Å². The molecule has 0 saturated heterocycles. The number of phenols is 3. The van der Waals surface area contributed by atoms with Gasteiger partial charge in [0.25, 0.3) is 0 Å². The van der Waals surface area contributed by atoms with Crippen LogP contribution in [0.5, 0.6) is 17.2 Å². The maximum absolute atomic E-state index is 13.3. The van der Waals surface area contributed by atoms with Gasteiger partial charge in [0, 0.05) is 12.1 Å². The molecule has 3 nitrogen and oxygen atoms in total. The van der Waals surface area contributed by atoms with Crippen molar-refractivity contribution in [2.24, 2.45) is 0 Å². The molecule has 0 spiro atoms. The molecule has 0 bridgehead atoms. The molecule has 2 rings (SSSR count). The lowest BCUT2D eigenvalue weighted by Gasteiger charge is -2.09. The summed E-state index contributed by atoms with van der Waals surface area (Å²) in [6.45, 7) is 0. The minimum atomic E-state index is -0.916. The van der Waals surface area contributed by atoms with E-state index in [1.54, 1.807) is 0 Å². The van der Waals surface area contributed by atoms with Gasteiger partial charge in [0.2, 0.25) is 0 Å². The molecule has 2 aromatic carbocycles. The van der Waals surface area contributed by atoms with Crippen molar-refractivity contribution < 1.29 is 24.1 Å². The molecule has 0 fully saturated rings. The zero-order valence-electron chi connectivity index (χ0n) is 8.85. The highest BCUT2D eigenvalue weighted by molar-refractivity contribution is 7.80. The smallest absolute Gasteiger partial charge is 0.140 e. The highest BCUT2D eigenvalue weighted by atomic mass is 32.1. The van der Waals surface area contributed by atoms with Crippen molar-refractivity contribution in [2.45, 2.75) is 4.90 Å². The molecule has 94 valence electrons. The molecule has 0 aliphatic carbocycles. The van der Waals surface area contributed by atoms with E-state index in [1.165, 1.54) is 0 Å². The van der Waals surface area contributed by atoms with E-state index in [1.807, 2.05) is 0 Å². The van der Waals surface area contributed by atoms with Crippen LogP contribution in [0, 0.1) is 11.6 Å². The van der Waals surface area contributed by atoms with Gasteiger partial charge in [-0.15, -0.1) is 12.6 Å². The number of phenolic OH excluding ortho intramolecular Hbond substituents is 3. The largest absolute Gasteiger partial charge is 0.508 e. The number of rotatable bonds is 1. The summed E-state index contributed by atoms with van der Waals surface area (Å²) < 4.78 is 26.7. The van der Waals surface area contributed by atoms with Crippen LogP contribution in [0.1, 0.15) is 0 Å². The van der Waals surface area contributed by atoms with E-state index in [4.69, 9.17) is 5.11 Å². The van der Waals surface area contributed by atoms with E-state index < -0.39 is 28.0 Å². The molecular formula is C12H8F2O3S. The molecule has 2 aromatic rings. The molecule has 6 heteroatoms. The minimum Gasteiger partial charge on any atom is -0.508 e. The number of thiol groups is 1. The Morgan fingerprint density at radius 2 is 1.28 bits per heavy atom. The second-order valence-electron chi connectivity index (χ2n) is 3.65. The Kier molecular flexibility index (Phi) is 3.04. The monoisotopic (exact) mass is 270 g/mol. The highest BCUT2D eigenvalue weighted by Crippen LogP contribution is 2.41. The van der Waals surface area contributed by atoms with Crippen LogP contribution in [0.3, 0.4) is 0 Å². The van der Waals surface area contributed by atoms with Gasteiger partial charge in [-0.2, -0.15) is 0 Å². The lowest BCUT2D eigenvalue weighted by atomic mass is 10.0. The van der Waals surface area contributed by atoms with Crippen LogP contribution in [0.25, 0.3) is 11.1 Å². The van der Waals surface area contributed by atoms with Crippen LogP contribution in [-0.4, -0.2) is 15.3 Å². The Morgan fingerprint density at radius 1 is 0.833 bits per heavy atom. The third-order valence-electron chi connectivity index (χ3n) is 2.39. The van der Waals surface area contributed by atoms with Crippen molar-refractivity contribution in [1.82, 2.24) is 0 Å². The molecule has 0 saturated carbocycles. The first-order chi connectivity index (χ1) is 8.40. The van der Waals surface area contributed by atoms with Gasteiger partial charge in [-0.25, -0.2) is 8.78 Å². The quantitative estimate of drug-likeness (QED) is 0.602. The molecule has 0 aromatic heterocycles. The summed E-state index contributed by atoms with van der Waals surface area (Å²) in [7, 11) is 0. The summed E-state index contributed by atoms with van der Waals surface area (Å²) in [4.78, 5) is -0.448. The Bertz CT molecular complexity index is 583. The highest BCUT2D eigenvalue weighted by Gasteiger charge is 2.16. The Morgan fingerprint density at radius 3 is 1.72 bits per heavy atom. The van der Waals surface area contributed by atoms with E-state index in [0.29, 0.717) is 0 Å². The maximum atomic E-state index is 13.3. The molecule has 0 radical (unpaired) electrons. The molecule has 0 amide bonds. The average molecular weight is 270 g/mol. The third-order valence-corrected chi connectivity index (χ3v) is 2.81. The lowest BCUT2D eigenvalue weighted by molar-refractivity contribution is 0.430. The van der Waals surface area contributed by atoms with Crippen molar-refractivity contribution in [3.05, 3.63) is 35.9 Å². The number of aromatic hydroxyl groups is 3. The van der Waals surface area contributed by atoms with E-state index in [2.05, 4.69) is 12.6 Å². The van der Waals surface area contributed by atoms with Crippen LogP contribution < -0.4 is 0 Å². The zero-order valence-corrected chi connectivity index (χ0v) is 9.75. The maximum Gasteiger partial charge on any atom is 0.140 e. The molecule has 0 atom stereocenters. The van der Waals surface area contributed by atoms with Gasteiger partial charge in [0.1, 0.15) is 28.9 Å². The van der Waals surface area contributed by atoms with Crippen LogP contribution in [-0.2, 0) is 0 Å². The molecule has 3 N–H and O–H groups in total. The van der Waals surface area contributed by atoms with E-state index in [9.17, 15) is 19.0 Å². The van der Waals surface area contributed by atoms with E-state index in [-0.39, 0.29) is 16.9 Å². The fraction of sp³-hybridized carbons (Fsp3) is 0. The van der Waals surface area contributed by atoms with Crippen LogP contribution in [0.4, 0.5) is 8.78 Å². The topological polar surface area (TPSA) is 60.7 Å². The van der Waals surface area contributed by atoms with Gasteiger partial charge in [0.05, 0.1) is 10.5 Å². The first-order valence-corrected chi connectivity index (χ1v) is 5.28. The van der Waals surface area contributed by atoms with Crippen LogP contribution in [0.15, 0.2) is 29.2 Å². The first-order valence-electron chi connectivity index (χ1n) is 4.83. The molecule has 0 unspecified atom stereocenters. The van der Waals surface area contributed by atoms with E-state index >= 15 is 0 Å². The van der Waals surface area contributed by atoms with Gasteiger partial charge >= 0.3 is 0 Å². The summed E-state index contributed by atoms with van der Waals surface area (Å²) in [6, 6.07) is 3.77. The lowest BCUT2D eigenvalue weighted by Crippen LogP contribution is -1.89. The normalized spacial score (nSPS) is 10.6. The Hall–Kier alpha value is -1.95. The Balaban J connectivity index is 2.70. The average Bonchev–Trinajstić information content (AvgIpc) is 2.24. The number of hydrogen-bond donors (Lipinski definition) is 4. The zero-order chi connectivity index (χ0) is 13.4. The summed E-state index contributed by atoms with van der Waals surface area (Å²) in [5.74, 6) is -3.17. The van der Waals surface area contributed by atoms with Crippen molar-refractivity contribution in [3.63, 3.8) is 0 Å². The SMILES string of the molecule is Oc1cc(O)c(-c2cc(F)c(S)c(F)c2)c(O)c1. The molecule has 18 heavy (non-hydrogen) atoms. The summed E-state index contributed by atoms with van der Waals surface area (Å²) in [5, 5.41) is 28.3. The Labute approximate surface area is 106 Å². The summed E-state index contributed by atoms with van der Waals surface area (Å²) in [6.07, 6.45) is 0. The van der Waals surface area contributed by atoms with Crippen LogP contribution in [0.2, 0.25) is 0 Å². The third kappa shape index (κ3) is 2.06. The van der Waals surface area contributed by atoms with Gasteiger partial charge in [-0.1, -0.05) is 0 Å². The second kappa shape index (κ2) is 4.38. The fourth-order valence-corrected chi connectivity index (χ4v) is 1.73. The molecule has 0 heterocycles. The van der Waals surface area contributed by atoms with Crippen molar-refractivity contribution in [3.8, 4) is 28.4 Å². The molecular weight excluding hydrogens is 262 g/mol. The van der Waals surface area contributed by atoms with Crippen LogP contribution >= 0.6 is 12.6 Å².